The number of aromatic nitrogens is 1. The zero-order valence-corrected chi connectivity index (χ0v) is 18.4. The monoisotopic (exact) mass is 431 g/mol. The molecule has 0 aliphatic heterocycles. The maximum atomic E-state index is 12.2. The smallest absolute Gasteiger partial charge is 0.250 e. The number of sulfonamides is 1. The average Bonchev–Trinajstić information content (AvgIpc) is 3.16. The highest BCUT2D eigenvalue weighted by molar-refractivity contribution is 7.91. The predicted octanol–water partition coefficient (Wildman–Crippen LogP) is 2.42. The molecule has 27 heavy (non-hydrogen) atoms. The van der Waals surface area contributed by atoms with Crippen LogP contribution in [0.1, 0.15) is 17.5 Å². The highest BCUT2D eigenvalue weighted by Crippen LogP contribution is 2.20. The molecule has 7 nitrogen and oxygen atoms in total. The number of aryl methyl sites for hydroxylation is 2. The predicted molar refractivity (Wildman–Crippen MR) is 112 cm³/mol. The molecule has 0 bridgehead atoms. The van der Waals surface area contributed by atoms with Gasteiger partial charge in [0.1, 0.15) is 4.21 Å². The second-order valence-corrected chi connectivity index (χ2v) is 9.83. The summed E-state index contributed by atoms with van der Waals surface area (Å²) < 4.78 is 29.4. The summed E-state index contributed by atoms with van der Waals surface area (Å²) in [6.07, 6.45) is 1.86. The van der Waals surface area contributed by atoms with E-state index in [1.165, 1.54) is 11.3 Å². The van der Waals surface area contributed by atoms with Crippen LogP contribution in [0.3, 0.4) is 0 Å². The van der Waals surface area contributed by atoms with Crippen LogP contribution >= 0.6 is 22.9 Å². The van der Waals surface area contributed by atoms with Gasteiger partial charge in [-0.3, -0.25) is 4.99 Å². The van der Waals surface area contributed by atoms with Crippen LogP contribution in [-0.4, -0.2) is 50.5 Å². The topological polar surface area (TPSA) is 78.7 Å². The molecular weight excluding hydrogens is 406 g/mol. The van der Waals surface area contributed by atoms with Crippen molar-refractivity contribution in [2.45, 2.75) is 24.6 Å². The Bertz CT molecular complexity index is 889. The second kappa shape index (κ2) is 9.59. The largest absolute Gasteiger partial charge is 0.357 e. The normalized spacial score (nSPS) is 12.4. The lowest BCUT2D eigenvalue weighted by atomic mass is 10.4. The molecule has 150 valence electrons. The maximum Gasteiger partial charge on any atom is 0.250 e. The lowest BCUT2D eigenvalue weighted by Crippen LogP contribution is -2.39. The Morgan fingerprint density at radius 3 is 2.70 bits per heavy atom. The molecule has 2 N–H and O–H groups in total. The van der Waals surface area contributed by atoms with E-state index in [2.05, 4.69) is 15.0 Å². The van der Waals surface area contributed by atoms with Crippen molar-refractivity contribution in [3.05, 3.63) is 40.0 Å². The number of thiophene rings is 1. The van der Waals surface area contributed by atoms with Crippen LogP contribution in [0.2, 0.25) is 5.02 Å². The Morgan fingerprint density at radius 1 is 1.41 bits per heavy atom. The molecule has 2 aromatic heterocycles. The number of halogens is 1. The standard InChI is InChI=1S/C17H26ClN5O2S2/c1-5-19-17(23(4)12-15-10-14(18)11-22(15)3)20-8-9-21-27(24,25)16-7-6-13(2)26-16/h6-7,10-11,21H,5,8-9,12H2,1-4H3,(H,19,20). The van der Waals surface area contributed by atoms with E-state index < -0.39 is 10.0 Å². The molecule has 0 unspecified atom stereocenters. The third kappa shape index (κ3) is 6.24. The molecular formula is C17H26ClN5O2S2. The van der Waals surface area contributed by atoms with Gasteiger partial charge in [-0.15, -0.1) is 11.3 Å². The van der Waals surface area contributed by atoms with Crippen molar-refractivity contribution in [2.75, 3.05) is 26.7 Å². The summed E-state index contributed by atoms with van der Waals surface area (Å²) in [7, 11) is 0.402. The van der Waals surface area contributed by atoms with Crippen LogP contribution in [0.5, 0.6) is 0 Å². The zero-order chi connectivity index (χ0) is 20.0. The first-order valence-corrected chi connectivity index (χ1v) is 11.3. The van der Waals surface area contributed by atoms with Crippen molar-refractivity contribution in [1.29, 1.82) is 0 Å². The second-order valence-electron chi connectivity index (χ2n) is 6.12. The van der Waals surface area contributed by atoms with E-state index in [0.29, 0.717) is 28.3 Å². The van der Waals surface area contributed by atoms with Crippen LogP contribution < -0.4 is 10.0 Å². The van der Waals surface area contributed by atoms with Crippen LogP contribution in [-0.2, 0) is 23.6 Å². The number of hydrogen-bond donors (Lipinski definition) is 2. The number of hydrogen-bond acceptors (Lipinski definition) is 4. The first-order valence-electron chi connectivity index (χ1n) is 8.59. The average molecular weight is 432 g/mol. The molecule has 0 aliphatic rings. The minimum absolute atomic E-state index is 0.234. The van der Waals surface area contributed by atoms with Crippen LogP contribution in [0, 0.1) is 6.92 Å². The van der Waals surface area contributed by atoms with E-state index in [1.54, 1.807) is 12.1 Å². The number of aliphatic imine (C=N–C) groups is 1. The van der Waals surface area contributed by atoms with Crippen molar-refractivity contribution in [3.63, 3.8) is 0 Å². The summed E-state index contributed by atoms with van der Waals surface area (Å²) >= 11 is 7.29. The van der Waals surface area contributed by atoms with Crippen LogP contribution in [0.4, 0.5) is 0 Å². The summed E-state index contributed by atoms with van der Waals surface area (Å²) in [4.78, 5) is 7.46. The van der Waals surface area contributed by atoms with E-state index in [9.17, 15) is 8.42 Å². The molecule has 0 saturated heterocycles. The molecule has 0 aliphatic carbocycles. The van der Waals surface area contributed by atoms with E-state index in [-0.39, 0.29) is 6.54 Å². The fourth-order valence-electron chi connectivity index (χ4n) is 2.48. The van der Waals surface area contributed by atoms with Crippen LogP contribution in [0.15, 0.2) is 33.6 Å². The molecule has 0 amide bonds. The van der Waals surface area contributed by atoms with Crippen LogP contribution in [0.25, 0.3) is 0 Å². The first kappa shape index (κ1) is 21.7. The van der Waals surface area contributed by atoms with Gasteiger partial charge in [0.15, 0.2) is 5.96 Å². The van der Waals surface area contributed by atoms with Gasteiger partial charge in [0.2, 0.25) is 10.0 Å². The highest BCUT2D eigenvalue weighted by Gasteiger charge is 2.15. The van der Waals surface area contributed by atoms with E-state index >= 15 is 0 Å². The fourth-order valence-corrected chi connectivity index (χ4v) is 5.10. The minimum Gasteiger partial charge on any atom is -0.357 e. The van der Waals surface area contributed by atoms with Crippen molar-refractivity contribution < 1.29 is 8.42 Å². The Labute approximate surface area is 170 Å². The molecule has 2 rings (SSSR count). The Hall–Kier alpha value is -1.55. The summed E-state index contributed by atoms with van der Waals surface area (Å²) in [5, 5.41) is 3.92. The summed E-state index contributed by atoms with van der Waals surface area (Å²) in [6.45, 7) is 5.80. The van der Waals surface area contributed by atoms with Crippen molar-refractivity contribution >= 4 is 38.9 Å². The Balaban J connectivity index is 1.95. The lowest BCUT2D eigenvalue weighted by molar-refractivity contribution is 0.462. The van der Waals surface area contributed by atoms with E-state index in [1.807, 2.05) is 49.7 Å². The molecule has 0 atom stereocenters. The lowest BCUT2D eigenvalue weighted by Gasteiger charge is -2.22. The van der Waals surface area contributed by atoms with Gasteiger partial charge >= 0.3 is 0 Å². The van der Waals surface area contributed by atoms with Gasteiger partial charge in [-0.1, -0.05) is 11.6 Å². The van der Waals surface area contributed by atoms with Gasteiger partial charge in [-0.2, -0.15) is 0 Å². The van der Waals surface area contributed by atoms with Gasteiger partial charge in [-0.05, 0) is 32.0 Å². The molecule has 0 saturated carbocycles. The molecule has 0 fully saturated rings. The SMILES string of the molecule is CCNC(=NCCNS(=O)(=O)c1ccc(C)s1)N(C)Cc1cc(Cl)cn1C. The molecule has 0 aromatic carbocycles. The Kier molecular flexibility index (Phi) is 7.72. The van der Waals surface area contributed by atoms with Gasteiger partial charge in [0, 0.05) is 44.0 Å². The third-order valence-corrected chi connectivity index (χ3v) is 6.98. The molecule has 0 radical (unpaired) electrons. The van der Waals surface area contributed by atoms with Gasteiger partial charge in [0.05, 0.1) is 18.1 Å². The zero-order valence-electron chi connectivity index (χ0n) is 16.0. The fraction of sp³-hybridized carbons (Fsp3) is 0.471. The van der Waals surface area contributed by atoms with Gasteiger partial charge in [-0.25, -0.2) is 13.1 Å². The maximum absolute atomic E-state index is 12.2. The molecule has 0 spiro atoms. The van der Waals surface area contributed by atoms with Gasteiger partial charge in [0.25, 0.3) is 0 Å². The highest BCUT2D eigenvalue weighted by atomic mass is 35.5. The molecule has 10 heteroatoms. The summed E-state index contributed by atoms with van der Waals surface area (Å²) in [5.74, 6) is 0.709. The summed E-state index contributed by atoms with van der Waals surface area (Å²) in [6, 6.07) is 5.33. The van der Waals surface area contributed by atoms with E-state index in [4.69, 9.17) is 11.6 Å². The summed E-state index contributed by atoms with van der Waals surface area (Å²) in [5.41, 5.74) is 1.06. The first-order chi connectivity index (χ1) is 12.7. The quantitative estimate of drug-likeness (QED) is 0.382. The third-order valence-electron chi connectivity index (χ3n) is 3.82. The van der Waals surface area contributed by atoms with Crippen molar-refractivity contribution in [1.82, 2.24) is 19.5 Å². The molecule has 2 aromatic rings. The number of rotatable bonds is 8. The number of nitrogens with one attached hydrogen (secondary N) is 2. The number of nitrogens with zero attached hydrogens (tertiary/aromatic N) is 3. The van der Waals surface area contributed by atoms with Crippen molar-refractivity contribution in [3.8, 4) is 0 Å². The molecule has 2 heterocycles. The number of guanidine groups is 1. The minimum atomic E-state index is -3.47. The Morgan fingerprint density at radius 2 is 2.15 bits per heavy atom. The van der Waals surface area contributed by atoms with E-state index in [0.717, 1.165) is 17.1 Å². The van der Waals surface area contributed by atoms with Gasteiger partial charge < -0.3 is 14.8 Å². The van der Waals surface area contributed by atoms with Crippen molar-refractivity contribution in [2.24, 2.45) is 12.0 Å².